The van der Waals surface area contributed by atoms with Crippen LogP contribution >= 0.6 is 0 Å². The highest BCUT2D eigenvalue weighted by Gasteiger charge is 2.23. The van der Waals surface area contributed by atoms with E-state index in [0.717, 1.165) is 5.56 Å². The molecule has 3 rings (SSSR count). The number of methoxy groups -OCH3 is 1. The van der Waals surface area contributed by atoms with Crippen molar-refractivity contribution < 1.29 is 28.2 Å². The molecule has 9 heteroatoms. The quantitative estimate of drug-likeness (QED) is 0.637. The molecule has 0 spiro atoms. The molecule has 3 amide bonds. The average Bonchev–Trinajstić information content (AvgIpc) is 3.42. The van der Waals surface area contributed by atoms with E-state index in [1.807, 2.05) is 31.2 Å². The lowest BCUT2D eigenvalue weighted by molar-refractivity contribution is -0.133. The Morgan fingerprint density at radius 1 is 1.13 bits per heavy atom. The number of furan rings is 1. The van der Waals surface area contributed by atoms with Crippen LogP contribution in [0.1, 0.15) is 18.2 Å². The van der Waals surface area contributed by atoms with Crippen LogP contribution in [-0.2, 0) is 22.6 Å². The molecule has 0 radical (unpaired) electrons. The molecule has 1 aromatic carbocycles. The largest absolute Gasteiger partial charge is 0.467 e. The fourth-order valence-electron chi connectivity index (χ4n) is 3.06. The Bertz CT molecular complexity index is 839. The van der Waals surface area contributed by atoms with E-state index in [1.165, 1.54) is 4.90 Å². The van der Waals surface area contributed by atoms with E-state index >= 15 is 0 Å². The Balaban J connectivity index is 1.74. The highest BCUT2D eigenvalue weighted by atomic mass is 16.7. The van der Waals surface area contributed by atoms with Crippen molar-refractivity contribution in [2.24, 2.45) is 0 Å². The highest BCUT2D eigenvalue weighted by Crippen LogP contribution is 2.33. The van der Waals surface area contributed by atoms with Crippen molar-refractivity contribution >= 4 is 11.9 Å². The van der Waals surface area contributed by atoms with E-state index in [-0.39, 0.29) is 31.8 Å². The minimum atomic E-state index is -0.302. The molecule has 162 valence electrons. The van der Waals surface area contributed by atoms with Crippen LogP contribution in [0.4, 0.5) is 4.79 Å². The molecule has 0 fully saturated rings. The van der Waals surface area contributed by atoms with Gasteiger partial charge in [-0.2, -0.15) is 0 Å². The summed E-state index contributed by atoms with van der Waals surface area (Å²) in [5.74, 6) is 1.79. The summed E-state index contributed by atoms with van der Waals surface area (Å²) >= 11 is 0. The molecular formula is C21H27N3O6. The SMILES string of the molecule is CCNC(=O)N(CCOC)CC(=O)N(Cc1ccc2c(c1)OCO2)Cc1ccco1. The van der Waals surface area contributed by atoms with Gasteiger partial charge in [-0.05, 0) is 36.8 Å². The van der Waals surface area contributed by atoms with Crippen LogP contribution in [0, 0.1) is 0 Å². The van der Waals surface area contributed by atoms with Gasteiger partial charge < -0.3 is 33.7 Å². The number of carbonyl (C=O) groups is 2. The lowest BCUT2D eigenvalue weighted by Crippen LogP contribution is -2.47. The van der Waals surface area contributed by atoms with Crippen molar-refractivity contribution in [1.29, 1.82) is 0 Å². The normalized spacial score (nSPS) is 11.9. The van der Waals surface area contributed by atoms with E-state index in [4.69, 9.17) is 18.6 Å². The van der Waals surface area contributed by atoms with Gasteiger partial charge in [0.1, 0.15) is 12.3 Å². The number of fused-ring (bicyclic) bond motifs is 1. The lowest BCUT2D eigenvalue weighted by atomic mass is 10.2. The Hall–Kier alpha value is -3.20. The second-order valence-corrected chi connectivity index (χ2v) is 6.77. The van der Waals surface area contributed by atoms with Gasteiger partial charge in [-0.1, -0.05) is 6.07 Å². The molecule has 0 saturated heterocycles. The third kappa shape index (κ3) is 5.66. The van der Waals surface area contributed by atoms with Gasteiger partial charge >= 0.3 is 6.03 Å². The smallest absolute Gasteiger partial charge is 0.317 e. The second kappa shape index (κ2) is 10.5. The molecule has 0 unspecified atom stereocenters. The van der Waals surface area contributed by atoms with E-state index in [0.29, 0.717) is 43.5 Å². The standard InChI is InChI=1S/C21H27N3O6/c1-3-22-21(26)23(8-10-27-2)14-20(25)24(13-17-5-4-9-28-17)12-16-6-7-18-19(11-16)30-15-29-18/h4-7,9,11H,3,8,10,12-15H2,1-2H3,(H,22,26). The molecule has 2 heterocycles. The van der Waals surface area contributed by atoms with Crippen LogP contribution in [0.3, 0.4) is 0 Å². The molecule has 1 N–H and O–H groups in total. The summed E-state index contributed by atoms with van der Waals surface area (Å²) in [5.41, 5.74) is 0.889. The molecule has 0 aliphatic carbocycles. The third-order valence-electron chi connectivity index (χ3n) is 4.60. The number of nitrogens with one attached hydrogen (secondary N) is 1. The number of hydrogen-bond donors (Lipinski definition) is 1. The van der Waals surface area contributed by atoms with E-state index in [9.17, 15) is 9.59 Å². The lowest BCUT2D eigenvalue weighted by Gasteiger charge is -2.27. The first-order chi connectivity index (χ1) is 14.6. The zero-order valence-corrected chi connectivity index (χ0v) is 17.3. The number of amides is 3. The van der Waals surface area contributed by atoms with Gasteiger partial charge in [0.15, 0.2) is 11.5 Å². The van der Waals surface area contributed by atoms with E-state index < -0.39 is 0 Å². The molecule has 1 aliphatic rings. The summed E-state index contributed by atoms with van der Waals surface area (Å²) in [4.78, 5) is 28.6. The van der Waals surface area contributed by atoms with Crippen molar-refractivity contribution in [2.45, 2.75) is 20.0 Å². The first-order valence-electron chi connectivity index (χ1n) is 9.81. The number of ether oxygens (including phenoxy) is 3. The zero-order chi connectivity index (χ0) is 21.3. The van der Waals surface area contributed by atoms with E-state index in [1.54, 1.807) is 24.3 Å². The molecule has 1 aromatic heterocycles. The van der Waals surface area contributed by atoms with Crippen molar-refractivity contribution in [3.05, 3.63) is 47.9 Å². The fourth-order valence-corrected chi connectivity index (χ4v) is 3.06. The maximum Gasteiger partial charge on any atom is 0.317 e. The molecule has 0 bridgehead atoms. The van der Waals surface area contributed by atoms with E-state index in [2.05, 4.69) is 5.32 Å². The number of rotatable bonds is 10. The van der Waals surface area contributed by atoms with Gasteiger partial charge in [0, 0.05) is 26.7 Å². The van der Waals surface area contributed by atoms with Crippen LogP contribution in [0.5, 0.6) is 11.5 Å². The second-order valence-electron chi connectivity index (χ2n) is 6.77. The van der Waals surface area contributed by atoms with Gasteiger partial charge in [-0.15, -0.1) is 0 Å². The Kier molecular flexibility index (Phi) is 7.56. The summed E-state index contributed by atoms with van der Waals surface area (Å²) in [6, 6.07) is 8.86. The van der Waals surface area contributed by atoms with Crippen molar-refractivity contribution in [1.82, 2.24) is 15.1 Å². The predicted molar refractivity (Wildman–Crippen MR) is 108 cm³/mol. The minimum Gasteiger partial charge on any atom is -0.467 e. The Labute approximate surface area is 175 Å². The molecule has 9 nitrogen and oxygen atoms in total. The van der Waals surface area contributed by atoms with Crippen LogP contribution in [0.15, 0.2) is 41.0 Å². The molecule has 2 aromatic rings. The van der Waals surface area contributed by atoms with Gasteiger partial charge in [0.25, 0.3) is 0 Å². The molecular weight excluding hydrogens is 390 g/mol. The van der Waals surface area contributed by atoms with Gasteiger partial charge in [-0.25, -0.2) is 4.79 Å². The van der Waals surface area contributed by atoms with Crippen molar-refractivity contribution in [3.8, 4) is 11.5 Å². The maximum absolute atomic E-state index is 13.2. The van der Waals surface area contributed by atoms with Crippen LogP contribution in [0.2, 0.25) is 0 Å². The van der Waals surface area contributed by atoms with Crippen molar-refractivity contribution in [2.75, 3.05) is 40.1 Å². The first-order valence-corrected chi connectivity index (χ1v) is 9.81. The first kappa shape index (κ1) is 21.5. The monoisotopic (exact) mass is 417 g/mol. The Morgan fingerprint density at radius 3 is 2.70 bits per heavy atom. The van der Waals surface area contributed by atoms with Crippen molar-refractivity contribution in [3.63, 3.8) is 0 Å². The molecule has 0 atom stereocenters. The van der Waals surface area contributed by atoms with Crippen LogP contribution < -0.4 is 14.8 Å². The molecule has 30 heavy (non-hydrogen) atoms. The number of benzene rings is 1. The molecule has 1 aliphatic heterocycles. The van der Waals surface area contributed by atoms with Crippen LogP contribution in [0.25, 0.3) is 0 Å². The summed E-state index contributed by atoms with van der Waals surface area (Å²) in [6.07, 6.45) is 1.57. The summed E-state index contributed by atoms with van der Waals surface area (Å²) in [5, 5.41) is 2.73. The van der Waals surface area contributed by atoms with Gasteiger partial charge in [0.05, 0.1) is 19.4 Å². The summed E-state index contributed by atoms with van der Waals surface area (Å²) in [6.45, 7) is 3.70. The van der Waals surface area contributed by atoms with Crippen LogP contribution in [-0.4, -0.2) is 61.9 Å². The summed E-state index contributed by atoms with van der Waals surface area (Å²) < 4.78 is 21.3. The topological polar surface area (TPSA) is 93.5 Å². The fraction of sp³-hybridized carbons (Fsp3) is 0.429. The number of nitrogens with zero attached hydrogens (tertiary/aromatic N) is 2. The number of hydrogen-bond acceptors (Lipinski definition) is 6. The zero-order valence-electron chi connectivity index (χ0n) is 17.3. The third-order valence-corrected chi connectivity index (χ3v) is 4.60. The summed E-state index contributed by atoms with van der Waals surface area (Å²) in [7, 11) is 1.56. The number of urea groups is 1. The van der Waals surface area contributed by atoms with Gasteiger partial charge in [-0.3, -0.25) is 4.79 Å². The minimum absolute atomic E-state index is 0.0690. The molecule has 0 saturated carbocycles. The number of carbonyl (C=O) groups excluding carboxylic acids is 2. The average molecular weight is 417 g/mol. The van der Waals surface area contributed by atoms with Gasteiger partial charge in [0.2, 0.25) is 12.7 Å². The maximum atomic E-state index is 13.2. The Morgan fingerprint density at radius 2 is 1.97 bits per heavy atom. The highest BCUT2D eigenvalue weighted by molar-refractivity contribution is 5.84. The predicted octanol–water partition coefficient (Wildman–Crippen LogP) is 2.21.